The third kappa shape index (κ3) is 4.80. The molecule has 1 saturated heterocycles. The third-order valence-corrected chi connectivity index (χ3v) is 3.49. The van der Waals surface area contributed by atoms with Crippen molar-refractivity contribution in [3.05, 3.63) is 11.0 Å². The van der Waals surface area contributed by atoms with Crippen molar-refractivity contribution < 1.29 is 4.79 Å². The van der Waals surface area contributed by atoms with Gasteiger partial charge in [-0.15, -0.1) is 0 Å². The lowest BCUT2D eigenvalue weighted by Crippen LogP contribution is -2.17. The molecule has 0 spiro atoms. The topological polar surface area (TPSA) is 29.1 Å². The standard InChI is InChI=1S/C11H17NOS2/c1-2-3-4-5-6-7-8-9-10(13)12-11(14)15-9/h8H,2-7H2,1H3,(H,12,13,14)/b9-8-. The Balaban J connectivity index is 2.15. The number of thioether (sulfide) groups is 1. The molecule has 0 radical (unpaired) electrons. The van der Waals surface area contributed by atoms with E-state index in [2.05, 4.69) is 12.2 Å². The van der Waals surface area contributed by atoms with Crippen LogP contribution in [0.4, 0.5) is 0 Å². The molecule has 0 bridgehead atoms. The number of allylic oxidation sites excluding steroid dienone is 1. The molecule has 0 unspecified atom stereocenters. The molecule has 1 rings (SSSR count). The summed E-state index contributed by atoms with van der Waals surface area (Å²) in [5, 5.41) is 2.62. The van der Waals surface area contributed by atoms with Gasteiger partial charge in [-0.25, -0.2) is 0 Å². The largest absolute Gasteiger partial charge is 0.307 e. The van der Waals surface area contributed by atoms with Crippen LogP contribution in [0.3, 0.4) is 0 Å². The molecule has 1 amide bonds. The maximum atomic E-state index is 11.3. The minimum Gasteiger partial charge on any atom is -0.307 e. The second-order valence-electron chi connectivity index (χ2n) is 3.61. The molecule has 1 aliphatic heterocycles. The van der Waals surface area contributed by atoms with E-state index in [0.29, 0.717) is 4.32 Å². The first-order chi connectivity index (χ1) is 7.24. The summed E-state index contributed by atoms with van der Waals surface area (Å²) in [5.74, 6) is -0.0291. The lowest BCUT2D eigenvalue weighted by molar-refractivity contribution is -0.115. The van der Waals surface area contributed by atoms with Gasteiger partial charge >= 0.3 is 0 Å². The normalized spacial score (nSPS) is 18.6. The fourth-order valence-electron chi connectivity index (χ4n) is 1.44. The molecular weight excluding hydrogens is 226 g/mol. The molecule has 0 atom stereocenters. The van der Waals surface area contributed by atoms with Crippen LogP contribution in [-0.4, -0.2) is 10.2 Å². The van der Waals surface area contributed by atoms with Crippen LogP contribution in [0, 0.1) is 0 Å². The van der Waals surface area contributed by atoms with E-state index in [-0.39, 0.29) is 5.91 Å². The van der Waals surface area contributed by atoms with E-state index in [9.17, 15) is 4.79 Å². The van der Waals surface area contributed by atoms with Crippen molar-refractivity contribution >= 4 is 34.2 Å². The number of carbonyl (C=O) groups excluding carboxylic acids is 1. The van der Waals surface area contributed by atoms with Crippen molar-refractivity contribution in [2.45, 2.75) is 45.4 Å². The second-order valence-corrected chi connectivity index (χ2v) is 5.33. The highest BCUT2D eigenvalue weighted by atomic mass is 32.2. The number of hydrogen-bond donors (Lipinski definition) is 1. The fraction of sp³-hybridized carbons (Fsp3) is 0.636. The highest BCUT2D eigenvalue weighted by Gasteiger charge is 2.21. The van der Waals surface area contributed by atoms with Gasteiger partial charge < -0.3 is 5.32 Å². The second kappa shape index (κ2) is 7.01. The lowest BCUT2D eigenvalue weighted by Gasteiger charge is -1.96. The van der Waals surface area contributed by atoms with Crippen LogP contribution in [0.5, 0.6) is 0 Å². The molecule has 1 heterocycles. The minimum absolute atomic E-state index is 0.0291. The van der Waals surface area contributed by atoms with Gasteiger partial charge in [0.1, 0.15) is 4.32 Å². The van der Waals surface area contributed by atoms with Crippen molar-refractivity contribution in [1.82, 2.24) is 5.32 Å². The number of hydrogen-bond acceptors (Lipinski definition) is 3. The monoisotopic (exact) mass is 243 g/mol. The van der Waals surface area contributed by atoms with Crippen LogP contribution >= 0.6 is 24.0 Å². The fourth-order valence-corrected chi connectivity index (χ4v) is 2.49. The number of unbranched alkanes of at least 4 members (excludes halogenated alkanes) is 5. The summed E-state index contributed by atoms with van der Waals surface area (Å²) in [4.78, 5) is 12.0. The molecule has 0 aromatic carbocycles. The van der Waals surface area contributed by atoms with Gasteiger partial charge in [0.15, 0.2) is 0 Å². The zero-order valence-corrected chi connectivity index (χ0v) is 10.7. The quantitative estimate of drug-likeness (QED) is 0.440. The third-order valence-electron chi connectivity index (χ3n) is 2.28. The highest BCUT2D eigenvalue weighted by molar-refractivity contribution is 8.26. The smallest absolute Gasteiger partial charge is 0.263 e. The van der Waals surface area contributed by atoms with Gasteiger partial charge in [-0.3, -0.25) is 4.79 Å². The van der Waals surface area contributed by atoms with Gasteiger partial charge in [0, 0.05) is 0 Å². The Bertz CT molecular complexity index is 274. The molecule has 0 saturated carbocycles. The van der Waals surface area contributed by atoms with Crippen molar-refractivity contribution in [2.24, 2.45) is 0 Å². The Kier molecular flexibility index (Phi) is 5.95. The van der Waals surface area contributed by atoms with Crippen molar-refractivity contribution in [1.29, 1.82) is 0 Å². The summed E-state index contributed by atoms with van der Waals surface area (Å²) < 4.78 is 0.581. The van der Waals surface area contributed by atoms with Gasteiger partial charge in [0.25, 0.3) is 5.91 Å². The minimum atomic E-state index is -0.0291. The van der Waals surface area contributed by atoms with Crippen molar-refractivity contribution in [3.8, 4) is 0 Å². The average Bonchev–Trinajstić information content (AvgIpc) is 2.51. The van der Waals surface area contributed by atoms with E-state index >= 15 is 0 Å². The molecule has 84 valence electrons. The van der Waals surface area contributed by atoms with Gasteiger partial charge in [-0.05, 0) is 12.8 Å². The van der Waals surface area contributed by atoms with Crippen LogP contribution in [0.25, 0.3) is 0 Å². The molecule has 4 heteroatoms. The summed E-state index contributed by atoms with van der Waals surface area (Å²) in [6.07, 6.45) is 9.31. The van der Waals surface area contributed by atoms with E-state index in [4.69, 9.17) is 12.2 Å². The summed E-state index contributed by atoms with van der Waals surface area (Å²) >= 11 is 6.27. The summed E-state index contributed by atoms with van der Waals surface area (Å²) in [5.41, 5.74) is 0. The molecule has 0 aromatic heterocycles. The highest BCUT2D eigenvalue weighted by Crippen LogP contribution is 2.24. The Morgan fingerprint density at radius 3 is 2.67 bits per heavy atom. The Morgan fingerprint density at radius 2 is 2.07 bits per heavy atom. The maximum absolute atomic E-state index is 11.3. The number of thiocarbonyl (C=S) groups is 1. The van der Waals surface area contributed by atoms with Crippen LogP contribution in [0.2, 0.25) is 0 Å². The molecule has 15 heavy (non-hydrogen) atoms. The van der Waals surface area contributed by atoms with E-state index in [1.807, 2.05) is 6.08 Å². The summed E-state index contributed by atoms with van der Waals surface area (Å²) in [6, 6.07) is 0. The predicted octanol–water partition coefficient (Wildman–Crippen LogP) is 3.38. The van der Waals surface area contributed by atoms with E-state index < -0.39 is 0 Å². The van der Waals surface area contributed by atoms with Gasteiger partial charge in [-0.1, -0.05) is 62.7 Å². The molecule has 0 aromatic rings. The molecular formula is C11H17NOS2. The maximum Gasteiger partial charge on any atom is 0.263 e. The van der Waals surface area contributed by atoms with Crippen molar-refractivity contribution in [2.75, 3.05) is 0 Å². The Morgan fingerprint density at radius 1 is 1.33 bits per heavy atom. The van der Waals surface area contributed by atoms with Crippen LogP contribution < -0.4 is 5.32 Å². The van der Waals surface area contributed by atoms with Crippen molar-refractivity contribution in [3.63, 3.8) is 0 Å². The van der Waals surface area contributed by atoms with Crippen LogP contribution in [-0.2, 0) is 4.79 Å². The molecule has 1 aliphatic rings. The lowest BCUT2D eigenvalue weighted by atomic mass is 10.1. The van der Waals surface area contributed by atoms with Gasteiger partial charge in [0.2, 0.25) is 0 Å². The average molecular weight is 243 g/mol. The zero-order valence-electron chi connectivity index (χ0n) is 9.04. The van der Waals surface area contributed by atoms with Crippen LogP contribution in [0.1, 0.15) is 45.4 Å². The molecule has 0 aliphatic carbocycles. The Labute approximate surface area is 101 Å². The van der Waals surface area contributed by atoms with E-state index in [1.54, 1.807) is 0 Å². The van der Waals surface area contributed by atoms with E-state index in [0.717, 1.165) is 11.3 Å². The summed E-state index contributed by atoms with van der Waals surface area (Å²) in [6.45, 7) is 2.21. The zero-order chi connectivity index (χ0) is 11.1. The summed E-state index contributed by atoms with van der Waals surface area (Å²) in [7, 11) is 0. The van der Waals surface area contributed by atoms with E-state index in [1.165, 1.54) is 43.9 Å². The first kappa shape index (κ1) is 12.7. The number of carbonyl (C=O) groups is 1. The van der Waals surface area contributed by atoms with Crippen LogP contribution in [0.15, 0.2) is 11.0 Å². The van der Waals surface area contributed by atoms with Gasteiger partial charge in [-0.2, -0.15) is 0 Å². The first-order valence-corrected chi connectivity index (χ1v) is 6.70. The predicted molar refractivity (Wildman–Crippen MR) is 69.8 cm³/mol. The number of amides is 1. The molecule has 1 N–H and O–H groups in total. The van der Waals surface area contributed by atoms with Gasteiger partial charge in [0.05, 0.1) is 4.91 Å². The molecule has 2 nitrogen and oxygen atoms in total. The SMILES string of the molecule is CCCCCCC/C=C1\SC(=S)NC1=O. The molecule has 1 fully saturated rings. The number of nitrogens with one attached hydrogen (secondary N) is 1. The Hall–Kier alpha value is -0.350. The first-order valence-electron chi connectivity index (χ1n) is 5.47. The number of rotatable bonds is 6.